The first-order valence-corrected chi connectivity index (χ1v) is 10.5. The zero-order valence-electron chi connectivity index (χ0n) is 15.4. The fourth-order valence-electron chi connectivity index (χ4n) is 4.80. The minimum absolute atomic E-state index is 1.03. The van der Waals surface area contributed by atoms with Crippen molar-refractivity contribution in [3.05, 3.63) is 11.6 Å². The molecule has 0 saturated heterocycles. The molecule has 0 spiro atoms. The molecular formula is C22H40. The molecule has 0 aliphatic heterocycles. The van der Waals surface area contributed by atoms with Crippen LogP contribution in [0.4, 0.5) is 0 Å². The normalized spacial score (nSPS) is 29.4. The largest absolute Gasteiger partial charge is 0.0850 e. The average molecular weight is 305 g/mol. The second kappa shape index (κ2) is 10.5. The lowest BCUT2D eigenvalue weighted by Crippen LogP contribution is -2.23. The smallest absolute Gasteiger partial charge is 0.0317 e. The maximum Gasteiger partial charge on any atom is -0.0317 e. The minimum Gasteiger partial charge on any atom is -0.0850 e. The third kappa shape index (κ3) is 6.09. The van der Waals surface area contributed by atoms with Crippen molar-refractivity contribution in [1.82, 2.24) is 0 Å². The SMILES string of the molecule is CCCCCC1=CCC([C@H]2CC[C@H](CCCCC)CC2)CC1. The average Bonchev–Trinajstić information content (AvgIpc) is 2.57. The van der Waals surface area contributed by atoms with Crippen molar-refractivity contribution in [1.29, 1.82) is 0 Å². The van der Waals surface area contributed by atoms with Crippen molar-refractivity contribution in [2.45, 2.75) is 110 Å². The summed E-state index contributed by atoms with van der Waals surface area (Å²) < 4.78 is 0. The Hall–Kier alpha value is -0.260. The van der Waals surface area contributed by atoms with E-state index in [9.17, 15) is 0 Å². The predicted octanol–water partition coefficient (Wildman–Crippen LogP) is 7.68. The first-order valence-electron chi connectivity index (χ1n) is 10.5. The zero-order valence-corrected chi connectivity index (χ0v) is 15.4. The molecule has 22 heavy (non-hydrogen) atoms. The molecule has 0 N–H and O–H groups in total. The van der Waals surface area contributed by atoms with Gasteiger partial charge in [0.15, 0.2) is 0 Å². The highest BCUT2D eigenvalue weighted by Gasteiger charge is 2.28. The van der Waals surface area contributed by atoms with E-state index in [2.05, 4.69) is 19.9 Å². The molecule has 0 aromatic carbocycles. The highest BCUT2D eigenvalue weighted by atomic mass is 14.3. The topological polar surface area (TPSA) is 0 Å². The summed E-state index contributed by atoms with van der Waals surface area (Å²) >= 11 is 0. The van der Waals surface area contributed by atoms with E-state index < -0.39 is 0 Å². The first-order chi connectivity index (χ1) is 10.8. The maximum absolute atomic E-state index is 2.64. The van der Waals surface area contributed by atoms with Crippen LogP contribution in [0.25, 0.3) is 0 Å². The molecule has 2 aliphatic carbocycles. The first kappa shape index (κ1) is 18.1. The number of rotatable bonds is 9. The zero-order chi connectivity index (χ0) is 15.6. The predicted molar refractivity (Wildman–Crippen MR) is 99.2 cm³/mol. The summed E-state index contributed by atoms with van der Waals surface area (Å²) in [5.41, 5.74) is 1.79. The van der Waals surface area contributed by atoms with Crippen LogP contribution in [-0.4, -0.2) is 0 Å². The molecule has 0 heteroatoms. The molecule has 2 rings (SSSR count). The highest BCUT2D eigenvalue weighted by molar-refractivity contribution is 5.07. The van der Waals surface area contributed by atoms with Gasteiger partial charge in [0.05, 0.1) is 0 Å². The fourth-order valence-corrected chi connectivity index (χ4v) is 4.80. The summed E-state index contributed by atoms with van der Waals surface area (Å²) in [7, 11) is 0. The van der Waals surface area contributed by atoms with E-state index in [1.54, 1.807) is 18.4 Å². The van der Waals surface area contributed by atoms with Gasteiger partial charge in [-0.15, -0.1) is 0 Å². The number of unbranched alkanes of at least 4 members (excludes halogenated alkanes) is 4. The van der Waals surface area contributed by atoms with E-state index in [0.29, 0.717) is 0 Å². The summed E-state index contributed by atoms with van der Waals surface area (Å²) in [5.74, 6) is 3.17. The molecule has 0 heterocycles. The monoisotopic (exact) mass is 304 g/mol. The minimum atomic E-state index is 1.03. The second-order valence-electron chi connectivity index (χ2n) is 8.13. The molecule has 0 amide bonds. The van der Waals surface area contributed by atoms with E-state index in [1.165, 1.54) is 83.5 Å². The Morgan fingerprint density at radius 1 is 0.818 bits per heavy atom. The van der Waals surface area contributed by atoms with E-state index in [0.717, 1.165) is 17.8 Å². The van der Waals surface area contributed by atoms with Crippen LogP contribution in [0.3, 0.4) is 0 Å². The Labute approximate surface area is 140 Å². The molecule has 2 aliphatic rings. The van der Waals surface area contributed by atoms with Crippen LogP contribution in [0.1, 0.15) is 110 Å². The molecule has 0 nitrogen and oxygen atoms in total. The van der Waals surface area contributed by atoms with Crippen LogP contribution in [0, 0.1) is 17.8 Å². The van der Waals surface area contributed by atoms with Gasteiger partial charge in [0.25, 0.3) is 0 Å². The van der Waals surface area contributed by atoms with Gasteiger partial charge in [0.1, 0.15) is 0 Å². The Balaban J connectivity index is 1.63. The molecule has 0 aromatic heterocycles. The van der Waals surface area contributed by atoms with Gasteiger partial charge in [-0.25, -0.2) is 0 Å². The van der Waals surface area contributed by atoms with Gasteiger partial charge in [-0.3, -0.25) is 0 Å². The van der Waals surface area contributed by atoms with Gasteiger partial charge in [0.2, 0.25) is 0 Å². The Morgan fingerprint density at radius 3 is 2.18 bits per heavy atom. The van der Waals surface area contributed by atoms with Gasteiger partial charge in [0, 0.05) is 0 Å². The van der Waals surface area contributed by atoms with Crippen LogP contribution in [0.5, 0.6) is 0 Å². The summed E-state index contributed by atoms with van der Waals surface area (Å²) in [5, 5.41) is 0. The van der Waals surface area contributed by atoms with Crippen LogP contribution in [0.15, 0.2) is 11.6 Å². The van der Waals surface area contributed by atoms with Crippen molar-refractivity contribution in [2.75, 3.05) is 0 Å². The van der Waals surface area contributed by atoms with Crippen LogP contribution < -0.4 is 0 Å². The molecular weight excluding hydrogens is 264 g/mol. The molecule has 1 unspecified atom stereocenters. The van der Waals surface area contributed by atoms with Gasteiger partial charge in [-0.2, -0.15) is 0 Å². The van der Waals surface area contributed by atoms with E-state index in [1.807, 2.05) is 0 Å². The third-order valence-electron chi connectivity index (χ3n) is 6.42. The lowest BCUT2D eigenvalue weighted by molar-refractivity contribution is 0.185. The number of hydrogen-bond acceptors (Lipinski definition) is 0. The number of hydrogen-bond donors (Lipinski definition) is 0. The van der Waals surface area contributed by atoms with Crippen LogP contribution >= 0.6 is 0 Å². The van der Waals surface area contributed by atoms with E-state index >= 15 is 0 Å². The fraction of sp³-hybridized carbons (Fsp3) is 0.909. The van der Waals surface area contributed by atoms with E-state index in [-0.39, 0.29) is 0 Å². The molecule has 0 bridgehead atoms. The standard InChI is InChI=1S/C22H40/c1-3-5-7-9-19-11-15-21(16-12-19)22-17-13-20(14-18-22)10-8-6-4-2/h11,20-22H,3-10,12-18H2,1-2H3/t20-,21?,22-. The molecule has 0 aromatic rings. The van der Waals surface area contributed by atoms with Gasteiger partial charge < -0.3 is 0 Å². The second-order valence-corrected chi connectivity index (χ2v) is 8.13. The summed E-state index contributed by atoms with van der Waals surface area (Å²) in [6.07, 6.45) is 24.6. The van der Waals surface area contributed by atoms with Crippen molar-refractivity contribution >= 4 is 0 Å². The van der Waals surface area contributed by atoms with Crippen LogP contribution in [-0.2, 0) is 0 Å². The third-order valence-corrected chi connectivity index (χ3v) is 6.42. The van der Waals surface area contributed by atoms with Crippen molar-refractivity contribution in [2.24, 2.45) is 17.8 Å². The van der Waals surface area contributed by atoms with Gasteiger partial charge in [-0.05, 0) is 62.7 Å². The molecule has 1 atom stereocenters. The maximum atomic E-state index is 2.64. The van der Waals surface area contributed by atoms with Crippen molar-refractivity contribution in [3.8, 4) is 0 Å². The summed E-state index contributed by atoms with van der Waals surface area (Å²) in [6.45, 7) is 4.63. The van der Waals surface area contributed by atoms with E-state index in [4.69, 9.17) is 0 Å². The molecule has 0 radical (unpaired) electrons. The lowest BCUT2D eigenvalue weighted by atomic mass is 9.70. The van der Waals surface area contributed by atoms with Crippen LogP contribution in [0.2, 0.25) is 0 Å². The Morgan fingerprint density at radius 2 is 1.55 bits per heavy atom. The molecule has 1 fully saturated rings. The highest BCUT2D eigenvalue weighted by Crippen LogP contribution is 2.41. The van der Waals surface area contributed by atoms with Gasteiger partial charge >= 0.3 is 0 Å². The van der Waals surface area contributed by atoms with Crippen molar-refractivity contribution in [3.63, 3.8) is 0 Å². The summed E-state index contributed by atoms with van der Waals surface area (Å²) in [6, 6.07) is 0. The quantitative estimate of drug-likeness (QED) is 0.302. The summed E-state index contributed by atoms with van der Waals surface area (Å²) in [4.78, 5) is 0. The molecule has 128 valence electrons. The lowest BCUT2D eigenvalue weighted by Gasteiger charge is -2.35. The Kier molecular flexibility index (Phi) is 8.63. The molecule has 1 saturated carbocycles. The Bertz CT molecular complexity index is 306. The van der Waals surface area contributed by atoms with Gasteiger partial charge in [-0.1, -0.05) is 76.9 Å². The van der Waals surface area contributed by atoms with Crippen molar-refractivity contribution < 1.29 is 0 Å². The number of allylic oxidation sites excluding steroid dienone is 2.